The van der Waals surface area contributed by atoms with Gasteiger partial charge in [-0.25, -0.2) is 0 Å². The summed E-state index contributed by atoms with van der Waals surface area (Å²) in [6.07, 6.45) is 3.52. The molecule has 0 saturated heterocycles. The highest BCUT2D eigenvalue weighted by atomic mass is 35.6. The van der Waals surface area contributed by atoms with E-state index in [0.29, 0.717) is 22.9 Å². The fourth-order valence-corrected chi connectivity index (χ4v) is 3.36. The van der Waals surface area contributed by atoms with Crippen LogP contribution in [-0.4, -0.2) is 27.6 Å². The van der Waals surface area contributed by atoms with Gasteiger partial charge in [0.1, 0.15) is 11.9 Å². The third kappa shape index (κ3) is 9.59. The van der Waals surface area contributed by atoms with Crippen molar-refractivity contribution in [3.05, 3.63) is 59.1 Å². The van der Waals surface area contributed by atoms with Gasteiger partial charge >= 0.3 is 0 Å². The number of thiocarbonyl (C=S) groups is 1. The van der Waals surface area contributed by atoms with Crippen LogP contribution in [0.25, 0.3) is 0 Å². The lowest BCUT2D eigenvalue weighted by atomic mass is 10.2. The van der Waals surface area contributed by atoms with Crippen molar-refractivity contribution in [3.8, 4) is 5.75 Å². The van der Waals surface area contributed by atoms with Crippen molar-refractivity contribution < 1.29 is 9.53 Å². The van der Waals surface area contributed by atoms with Crippen LogP contribution >= 0.6 is 58.6 Å². The molecule has 1 unspecified atom stereocenters. The maximum Gasteiger partial charge on any atom is 0.252 e. The molecule has 0 aromatic heterocycles. The second kappa shape index (κ2) is 13.3. The molecule has 3 N–H and O–H groups in total. The van der Waals surface area contributed by atoms with E-state index in [1.807, 2.05) is 24.3 Å². The second-order valence-corrected chi connectivity index (χ2v) is 10.2. The monoisotopic (exact) mass is 535 g/mol. The van der Waals surface area contributed by atoms with Gasteiger partial charge in [0, 0.05) is 16.3 Å². The Hall–Kier alpha value is -1.44. The highest BCUT2D eigenvalue weighted by molar-refractivity contribution is 7.80. The molecule has 0 saturated carbocycles. The highest BCUT2D eigenvalue weighted by Gasteiger charge is 2.34. The zero-order valence-electron chi connectivity index (χ0n) is 17.5. The Morgan fingerprint density at radius 3 is 2.25 bits per heavy atom. The number of anilines is 1. The molecule has 0 aliphatic heterocycles. The zero-order valence-corrected chi connectivity index (χ0v) is 21.3. The van der Waals surface area contributed by atoms with Gasteiger partial charge in [-0.2, -0.15) is 0 Å². The Balaban J connectivity index is 1.90. The molecule has 2 rings (SSSR count). The molecular formula is C22H25Cl4N3O2S. The summed E-state index contributed by atoms with van der Waals surface area (Å²) in [5, 5.41) is 9.12. The Morgan fingerprint density at radius 2 is 1.66 bits per heavy atom. The van der Waals surface area contributed by atoms with Crippen LogP contribution in [0.4, 0.5) is 5.69 Å². The molecule has 174 valence electrons. The predicted molar refractivity (Wildman–Crippen MR) is 138 cm³/mol. The number of benzene rings is 2. The fourth-order valence-electron chi connectivity index (χ4n) is 2.67. The number of rotatable bonds is 10. The first-order valence-corrected chi connectivity index (χ1v) is 12.0. The van der Waals surface area contributed by atoms with Gasteiger partial charge in [-0.15, -0.1) is 0 Å². The quantitative estimate of drug-likeness (QED) is 0.136. The fraction of sp³-hybridized carbons (Fsp3) is 0.364. The maximum absolute atomic E-state index is 12.5. The third-order valence-corrected chi connectivity index (χ3v) is 5.49. The van der Waals surface area contributed by atoms with Crippen LogP contribution in [0.3, 0.4) is 0 Å². The molecule has 0 aliphatic carbocycles. The van der Waals surface area contributed by atoms with Gasteiger partial charge in [-0.3, -0.25) is 4.79 Å². The average Bonchev–Trinajstić information content (AvgIpc) is 2.74. The standard InChI is InChI=1S/C22H25Cl4N3O2S/c1-2-3-4-5-14-31-18-12-10-17(11-13-18)27-21(32)29-20(22(24,25)26)28-19(30)15-6-8-16(23)9-7-15/h6-13,20H,2-5,14H2,1H3,(H,28,30)(H2,27,29,32). The first-order valence-electron chi connectivity index (χ1n) is 10.1. The number of carbonyl (C=O) groups is 1. The summed E-state index contributed by atoms with van der Waals surface area (Å²) in [6, 6.07) is 13.7. The van der Waals surface area contributed by atoms with Crippen molar-refractivity contribution >= 4 is 75.3 Å². The number of unbranched alkanes of at least 4 members (excludes halogenated alkanes) is 3. The molecular weight excluding hydrogens is 512 g/mol. The van der Waals surface area contributed by atoms with E-state index >= 15 is 0 Å². The molecule has 0 radical (unpaired) electrons. The van der Waals surface area contributed by atoms with E-state index in [0.717, 1.165) is 18.6 Å². The molecule has 32 heavy (non-hydrogen) atoms. The number of hydrogen-bond donors (Lipinski definition) is 3. The lowest BCUT2D eigenvalue weighted by molar-refractivity contribution is 0.0934. The summed E-state index contributed by atoms with van der Waals surface area (Å²) in [5.41, 5.74) is 1.08. The summed E-state index contributed by atoms with van der Waals surface area (Å²) in [6.45, 7) is 2.86. The zero-order chi connectivity index (χ0) is 23.6. The molecule has 0 fully saturated rings. The van der Waals surface area contributed by atoms with E-state index in [1.165, 1.54) is 12.8 Å². The van der Waals surface area contributed by atoms with Crippen molar-refractivity contribution in [2.75, 3.05) is 11.9 Å². The molecule has 1 atom stereocenters. The first-order chi connectivity index (χ1) is 15.2. The third-order valence-electron chi connectivity index (χ3n) is 4.36. The van der Waals surface area contributed by atoms with Gasteiger partial charge in [-0.05, 0) is 67.2 Å². The number of halogens is 4. The van der Waals surface area contributed by atoms with Crippen LogP contribution in [0.15, 0.2) is 48.5 Å². The van der Waals surface area contributed by atoms with Crippen LogP contribution < -0.4 is 20.7 Å². The Labute approximate surface area is 214 Å². The molecule has 0 aliphatic rings. The van der Waals surface area contributed by atoms with Gasteiger partial charge in [0.2, 0.25) is 3.79 Å². The lowest BCUT2D eigenvalue weighted by Gasteiger charge is -2.27. The summed E-state index contributed by atoms with van der Waals surface area (Å²) in [5.74, 6) is 0.328. The Bertz CT molecular complexity index is 874. The van der Waals surface area contributed by atoms with Crippen molar-refractivity contribution in [1.29, 1.82) is 0 Å². The average molecular weight is 537 g/mol. The summed E-state index contributed by atoms with van der Waals surface area (Å²) in [4.78, 5) is 12.5. The Morgan fingerprint density at radius 1 is 1.00 bits per heavy atom. The first kappa shape index (κ1) is 26.8. The summed E-state index contributed by atoms with van der Waals surface area (Å²) in [7, 11) is 0. The number of ether oxygens (including phenoxy) is 1. The lowest BCUT2D eigenvalue weighted by Crippen LogP contribution is -2.56. The molecule has 0 bridgehead atoms. The SMILES string of the molecule is CCCCCCOc1ccc(NC(=S)NC(NC(=O)c2ccc(Cl)cc2)C(Cl)(Cl)Cl)cc1. The minimum absolute atomic E-state index is 0.172. The van der Waals surface area contributed by atoms with E-state index in [2.05, 4.69) is 22.9 Å². The van der Waals surface area contributed by atoms with E-state index in [9.17, 15) is 4.79 Å². The van der Waals surface area contributed by atoms with E-state index < -0.39 is 15.9 Å². The van der Waals surface area contributed by atoms with Crippen LogP contribution in [-0.2, 0) is 0 Å². The second-order valence-electron chi connectivity index (χ2n) is 6.99. The number of hydrogen-bond acceptors (Lipinski definition) is 3. The largest absolute Gasteiger partial charge is 0.494 e. The number of amides is 1. The predicted octanol–water partition coefficient (Wildman–Crippen LogP) is 6.71. The topological polar surface area (TPSA) is 62.4 Å². The molecule has 0 heterocycles. The summed E-state index contributed by atoms with van der Waals surface area (Å²) >= 11 is 29.3. The minimum atomic E-state index is -1.86. The van der Waals surface area contributed by atoms with Crippen molar-refractivity contribution in [3.63, 3.8) is 0 Å². The van der Waals surface area contributed by atoms with Crippen molar-refractivity contribution in [2.45, 2.75) is 42.6 Å². The smallest absolute Gasteiger partial charge is 0.252 e. The number of nitrogens with one attached hydrogen (secondary N) is 3. The van der Waals surface area contributed by atoms with Crippen LogP contribution in [0, 0.1) is 0 Å². The van der Waals surface area contributed by atoms with E-state index in [1.54, 1.807) is 24.3 Å². The number of carbonyl (C=O) groups excluding carboxylic acids is 1. The van der Waals surface area contributed by atoms with Crippen LogP contribution in [0.5, 0.6) is 5.75 Å². The van der Waals surface area contributed by atoms with Gasteiger partial charge < -0.3 is 20.7 Å². The molecule has 5 nitrogen and oxygen atoms in total. The molecule has 1 amide bonds. The molecule has 2 aromatic rings. The van der Waals surface area contributed by atoms with Gasteiger partial charge in [0.05, 0.1) is 6.61 Å². The van der Waals surface area contributed by atoms with Crippen molar-refractivity contribution in [1.82, 2.24) is 10.6 Å². The normalized spacial score (nSPS) is 12.0. The van der Waals surface area contributed by atoms with Gasteiger partial charge in [-0.1, -0.05) is 72.6 Å². The van der Waals surface area contributed by atoms with Crippen LogP contribution in [0.1, 0.15) is 43.0 Å². The van der Waals surface area contributed by atoms with E-state index in [-0.39, 0.29) is 5.11 Å². The molecule has 10 heteroatoms. The Kier molecular flexibility index (Phi) is 11.2. The summed E-state index contributed by atoms with van der Waals surface area (Å²) < 4.78 is 3.87. The van der Waals surface area contributed by atoms with E-state index in [4.69, 9.17) is 63.4 Å². The number of alkyl halides is 3. The van der Waals surface area contributed by atoms with Gasteiger partial charge in [0.25, 0.3) is 5.91 Å². The van der Waals surface area contributed by atoms with Crippen molar-refractivity contribution in [2.24, 2.45) is 0 Å². The van der Waals surface area contributed by atoms with Crippen LogP contribution in [0.2, 0.25) is 5.02 Å². The highest BCUT2D eigenvalue weighted by Crippen LogP contribution is 2.29. The maximum atomic E-state index is 12.5. The van der Waals surface area contributed by atoms with Gasteiger partial charge in [0.15, 0.2) is 5.11 Å². The molecule has 2 aromatic carbocycles. The minimum Gasteiger partial charge on any atom is -0.494 e. The molecule has 0 spiro atoms.